The van der Waals surface area contributed by atoms with E-state index in [0.717, 1.165) is 12.0 Å². The van der Waals surface area contributed by atoms with Crippen LogP contribution in [0.3, 0.4) is 0 Å². The van der Waals surface area contributed by atoms with Gasteiger partial charge in [-0.15, -0.1) is 0 Å². The van der Waals surface area contributed by atoms with Gasteiger partial charge in [-0.2, -0.15) is 0 Å². The van der Waals surface area contributed by atoms with Crippen molar-refractivity contribution < 1.29 is 43.2 Å². The Bertz CT molecular complexity index is 1150. The summed E-state index contributed by atoms with van der Waals surface area (Å²) in [4.78, 5) is 48.1. The van der Waals surface area contributed by atoms with Crippen molar-refractivity contribution in [3.63, 3.8) is 0 Å². The molecule has 2 N–H and O–H groups in total. The summed E-state index contributed by atoms with van der Waals surface area (Å²) >= 11 is 0. The van der Waals surface area contributed by atoms with Gasteiger partial charge in [0.25, 0.3) is 0 Å². The standard InChI is InChI=1S/C34H51NO9/c1-20(9-12-29-21(2)15-28(23(4)43-29)35-31(39)14-11-22(3)42-25(6)37)10-13-30-32(40)34(19-41-34)18-27(44-30)16-26(38)17-33(7,8)24(5)36/h9-11,13-14,21-23,27-30,32,40H,12,15-19H2,1-8H3,(H,35,39)/b13-10+,14-11-,20-9+/t21-,22-,23+,27+,28+,29-,30+,32+,34+/m0/s1. The van der Waals surface area contributed by atoms with E-state index in [1.54, 1.807) is 26.8 Å². The molecule has 3 fully saturated rings. The van der Waals surface area contributed by atoms with Crippen molar-refractivity contribution in [1.29, 1.82) is 0 Å². The van der Waals surface area contributed by atoms with Crippen LogP contribution in [-0.2, 0) is 38.1 Å². The molecule has 10 nitrogen and oxygen atoms in total. The Hall–Kier alpha value is -2.66. The minimum atomic E-state index is -0.832. The SMILES string of the molecule is CC(=O)O[C@@H](C)/C=C\C(=O)N[C@@H]1C[C@H](C)[C@H](C/C=C(C)/C=C/[C@H]2O[C@H](CC(=O)CC(C)(C)C(C)=O)C[C@@]3(CO3)[C@@H]2O)O[C@@H]1C. The number of carbonyl (C=O) groups excluding carboxylic acids is 4. The zero-order valence-electron chi connectivity index (χ0n) is 27.5. The number of ketones is 2. The maximum atomic E-state index is 12.7. The molecule has 10 heteroatoms. The molecule has 3 rings (SSSR count). The Morgan fingerprint density at radius 2 is 1.80 bits per heavy atom. The summed E-state index contributed by atoms with van der Waals surface area (Å²) in [7, 11) is 0. The molecule has 1 amide bonds. The molecule has 0 aromatic carbocycles. The number of epoxide rings is 1. The van der Waals surface area contributed by atoms with Gasteiger partial charge in [-0.25, -0.2) is 0 Å². The fourth-order valence-corrected chi connectivity index (χ4v) is 5.83. The number of allylic oxidation sites excluding steroid dienone is 2. The van der Waals surface area contributed by atoms with E-state index in [1.165, 1.54) is 19.9 Å². The van der Waals surface area contributed by atoms with Crippen molar-refractivity contribution in [2.75, 3.05) is 6.61 Å². The molecule has 0 radical (unpaired) electrons. The number of hydrogen-bond acceptors (Lipinski definition) is 9. The van der Waals surface area contributed by atoms with Crippen molar-refractivity contribution in [3.8, 4) is 0 Å². The first-order valence-electron chi connectivity index (χ1n) is 15.7. The van der Waals surface area contributed by atoms with Gasteiger partial charge >= 0.3 is 5.97 Å². The van der Waals surface area contributed by atoms with Gasteiger partial charge < -0.3 is 29.4 Å². The van der Waals surface area contributed by atoms with Crippen LogP contribution in [0.2, 0.25) is 0 Å². The summed E-state index contributed by atoms with van der Waals surface area (Å²) in [6, 6.07) is -0.136. The van der Waals surface area contributed by atoms with Crippen LogP contribution < -0.4 is 5.32 Å². The molecule has 246 valence electrons. The number of aliphatic hydroxyl groups is 1. The summed E-state index contributed by atoms with van der Waals surface area (Å²) in [5.41, 5.74) is -0.412. The summed E-state index contributed by atoms with van der Waals surface area (Å²) in [6.45, 7) is 14.5. The van der Waals surface area contributed by atoms with Gasteiger partial charge in [0.15, 0.2) is 0 Å². The predicted molar refractivity (Wildman–Crippen MR) is 165 cm³/mol. The van der Waals surface area contributed by atoms with E-state index in [4.69, 9.17) is 18.9 Å². The van der Waals surface area contributed by atoms with Crippen LogP contribution >= 0.6 is 0 Å². The molecule has 0 aliphatic carbocycles. The number of Topliss-reactive ketones (excluding diaryl/α,β-unsaturated/α-hetero) is 2. The summed E-state index contributed by atoms with van der Waals surface area (Å²) in [6.07, 6.45) is 8.46. The van der Waals surface area contributed by atoms with Crippen LogP contribution in [0.25, 0.3) is 0 Å². The van der Waals surface area contributed by atoms with Crippen LogP contribution in [-0.4, -0.2) is 83.4 Å². The Labute approximate surface area is 261 Å². The lowest BCUT2D eigenvalue weighted by Gasteiger charge is -2.39. The number of amides is 1. The lowest BCUT2D eigenvalue weighted by molar-refractivity contribution is -0.146. The fourth-order valence-electron chi connectivity index (χ4n) is 5.83. The Balaban J connectivity index is 1.52. The van der Waals surface area contributed by atoms with E-state index in [2.05, 4.69) is 18.3 Å². The average Bonchev–Trinajstić information content (AvgIpc) is 3.68. The average molecular weight is 618 g/mol. The monoisotopic (exact) mass is 617 g/mol. The molecule has 0 aromatic rings. The molecule has 0 saturated carbocycles. The number of aliphatic hydroxyl groups excluding tert-OH is 1. The largest absolute Gasteiger partial charge is 0.459 e. The molecule has 3 saturated heterocycles. The number of esters is 1. The lowest BCUT2D eigenvalue weighted by atomic mass is 9.81. The van der Waals surface area contributed by atoms with Crippen LogP contribution in [0.15, 0.2) is 36.0 Å². The van der Waals surface area contributed by atoms with E-state index in [9.17, 15) is 24.3 Å². The van der Waals surface area contributed by atoms with E-state index in [0.29, 0.717) is 19.4 Å². The Kier molecular flexibility index (Phi) is 12.3. The molecule has 3 aliphatic heterocycles. The molecule has 0 unspecified atom stereocenters. The molecule has 0 aromatic heterocycles. The maximum absolute atomic E-state index is 12.7. The minimum absolute atomic E-state index is 0.0182. The van der Waals surface area contributed by atoms with E-state index >= 15 is 0 Å². The van der Waals surface area contributed by atoms with Gasteiger partial charge in [0, 0.05) is 37.7 Å². The Morgan fingerprint density at radius 1 is 1.11 bits per heavy atom. The molecule has 9 atom stereocenters. The van der Waals surface area contributed by atoms with Crippen molar-refractivity contribution in [3.05, 3.63) is 36.0 Å². The van der Waals surface area contributed by atoms with Gasteiger partial charge in [-0.1, -0.05) is 44.6 Å². The fraction of sp³-hybridized carbons (Fsp3) is 0.706. The third-order valence-corrected chi connectivity index (χ3v) is 8.97. The first-order valence-corrected chi connectivity index (χ1v) is 15.7. The maximum Gasteiger partial charge on any atom is 0.303 e. The number of ether oxygens (including phenoxy) is 4. The first-order chi connectivity index (χ1) is 20.5. The van der Waals surface area contributed by atoms with Crippen molar-refractivity contribution in [2.45, 2.75) is 136 Å². The molecule has 44 heavy (non-hydrogen) atoms. The van der Waals surface area contributed by atoms with Crippen LogP contribution in [0.4, 0.5) is 0 Å². The second-order valence-corrected chi connectivity index (χ2v) is 13.5. The van der Waals surface area contributed by atoms with E-state index < -0.39 is 41.4 Å². The normalized spacial score (nSPS) is 33.4. The quantitative estimate of drug-likeness (QED) is 0.136. The summed E-state index contributed by atoms with van der Waals surface area (Å²) < 4.78 is 23.1. The van der Waals surface area contributed by atoms with Gasteiger partial charge in [0.1, 0.15) is 35.5 Å². The molecular weight excluding hydrogens is 566 g/mol. The second kappa shape index (κ2) is 15.1. The smallest absolute Gasteiger partial charge is 0.303 e. The number of carbonyl (C=O) groups is 4. The van der Waals surface area contributed by atoms with Crippen molar-refractivity contribution in [2.24, 2.45) is 11.3 Å². The minimum Gasteiger partial charge on any atom is -0.459 e. The van der Waals surface area contributed by atoms with Gasteiger partial charge in [0.05, 0.1) is 31.0 Å². The van der Waals surface area contributed by atoms with Crippen molar-refractivity contribution in [1.82, 2.24) is 5.32 Å². The zero-order chi connectivity index (χ0) is 32.8. The van der Waals surface area contributed by atoms with E-state index in [1.807, 2.05) is 26.0 Å². The third-order valence-electron chi connectivity index (χ3n) is 8.97. The highest BCUT2D eigenvalue weighted by atomic mass is 16.6. The van der Waals surface area contributed by atoms with Gasteiger partial charge in [-0.05, 0) is 52.5 Å². The molecule has 0 bridgehead atoms. The van der Waals surface area contributed by atoms with Gasteiger partial charge in [-0.3, -0.25) is 19.2 Å². The zero-order valence-corrected chi connectivity index (χ0v) is 27.5. The topological polar surface area (TPSA) is 141 Å². The molecule has 3 aliphatic rings. The molecular formula is C34H51NO9. The molecule has 1 spiro atoms. The highest BCUT2D eigenvalue weighted by molar-refractivity contribution is 5.89. The van der Waals surface area contributed by atoms with Crippen molar-refractivity contribution >= 4 is 23.4 Å². The van der Waals surface area contributed by atoms with Crippen LogP contribution in [0.1, 0.15) is 87.5 Å². The summed E-state index contributed by atoms with van der Waals surface area (Å²) in [5.74, 6) is -0.518. The Morgan fingerprint density at radius 3 is 2.41 bits per heavy atom. The van der Waals surface area contributed by atoms with Crippen LogP contribution in [0, 0.1) is 11.3 Å². The third kappa shape index (κ3) is 10.2. The highest BCUT2D eigenvalue weighted by Crippen LogP contribution is 2.43. The van der Waals surface area contributed by atoms with Crippen LogP contribution in [0.5, 0.6) is 0 Å². The lowest BCUT2D eigenvalue weighted by Crippen LogP contribution is -2.50. The van der Waals surface area contributed by atoms with E-state index in [-0.39, 0.29) is 54.5 Å². The number of nitrogens with one attached hydrogen (secondary N) is 1. The van der Waals surface area contributed by atoms with Gasteiger partial charge in [0.2, 0.25) is 5.91 Å². The second-order valence-electron chi connectivity index (χ2n) is 13.5. The number of rotatable bonds is 13. The number of hydrogen-bond donors (Lipinski definition) is 2. The molecule has 3 heterocycles. The predicted octanol–water partition coefficient (Wildman–Crippen LogP) is 3.94. The first kappa shape index (κ1) is 35.8. The summed E-state index contributed by atoms with van der Waals surface area (Å²) in [5, 5.41) is 13.9. The highest BCUT2D eigenvalue weighted by Gasteiger charge is 2.58.